The van der Waals surface area contributed by atoms with Gasteiger partial charge in [0.2, 0.25) is 11.8 Å². The van der Waals surface area contributed by atoms with Crippen molar-refractivity contribution in [2.24, 2.45) is 11.8 Å². The second kappa shape index (κ2) is 7.86. The van der Waals surface area contributed by atoms with Gasteiger partial charge in [-0.05, 0) is 31.7 Å². The molecular formula is C21H23NO5. The highest BCUT2D eigenvalue weighted by Crippen LogP contribution is 2.36. The van der Waals surface area contributed by atoms with E-state index >= 15 is 0 Å². The number of likely N-dealkylation sites (tertiary alicyclic amines) is 1. The monoisotopic (exact) mass is 369 g/mol. The number of imide groups is 1. The Labute approximate surface area is 158 Å². The summed E-state index contributed by atoms with van der Waals surface area (Å²) in [6.07, 6.45) is 5.68. The SMILES string of the molecule is CCc1ccc(C(=O)COC(=O)[C@H](C)N2C(=O)[C@H]3CC=CC[C@H]3C2=O)cc1. The van der Waals surface area contributed by atoms with E-state index in [-0.39, 0.29) is 17.6 Å². The van der Waals surface area contributed by atoms with Gasteiger partial charge < -0.3 is 4.74 Å². The summed E-state index contributed by atoms with van der Waals surface area (Å²) in [5.41, 5.74) is 1.57. The molecule has 1 aromatic rings. The Morgan fingerprint density at radius 2 is 1.63 bits per heavy atom. The van der Waals surface area contributed by atoms with Crippen LogP contribution in [0.4, 0.5) is 0 Å². The van der Waals surface area contributed by atoms with Crippen LogP contribution >= 0.6 is 0 Å². The molecule has 2 aliphatic rings. The van der Waals surface area contributed by atoms with Gasteiger partial charge in [-0.2, -0.15) is 0 Å². The number of nitrogens with zero attached hydrogens (tertiary/aromatic N) is 1. The van der Waals surface area contributed by atoms with Gasteiger partial charge >= 0.3 is 5.97 Å². The van der Waals surface area contributed by atoms with Gasteiger partial charge in [0.05, 0.1) is 11.8 Å². The second-order valence-corrected chi connectivity index (χ2v) is 6.96. The minimum Gasteiger partial charge on any atom is -0.456 e. The minimum absolute atomic E-state index is 0.324. The normalized spacial score (nSPS) is 22.5. The van der Waals surface area contributed by atoms with Crippen LogP contribution in [0.3, 0.4) is 0 Å². The van der Waals surface area contributed by atoms with Gasteiger partial charge in [-0.1, -0.05) is 43.3 Å². The van der Waals surface area contributed by atoms with Crippen molar-refractivity contribution >= 4 is 23.6 Å². The van der Waals surface area contributed by atoms with E-state index in [0.717, 1.165) is 16.9 Å². The minimum atomic E-state index is -1.04. The Morgan fingerprint density at radius 3 is 2.15 bits per heavy atom. The quantitative estimate of drug-likeness (QED) is 0.333. The summed E-state index contributed by atoms with van der Waals surface area (Å²) in [6, 6.07) is 6.07. The number of fused-ring (bicyclic) bond motifs is 1. The van der Waals surface area contributed by atoms with Crippen LogP contribution in [0, 0.1) is 11.8 Å². The second-order valence-electron chi connectivity index (χ2n) is 6.96. The van der Waals surface area contributed by atoms with Crippen molar-refractivity contribution in [1.29, 1.82) is 0 Å². The van der Waals surface area contributed by atoms with Crippen molar-refractivity contribution in [2.75, 3.05) is 6.61 Å². The molecule has 3 rings (SSSR count). The van der Waals surface area contributed by atoms with Crippen molar-refractivity contribution in [3.05, 3.63) is 47.5 Å². The molecule has 1 saturated heterocycles. The molecule has 0 N–H and O–H groups in total. The molecule has 2 amide bonds. The molecule has 0 aromatic heterocycles. The number of carbonyl (C=O) groups is 4. The molecule has 1 aliphatic carbocycles. The molecular weight excluding hydrogens is 346 g/mol. The van der Waals surface area contributed by atoms with E-state index in [1.807, 2.05) is 31.2 Å². The molecule has 6 nitrogen and oxygen atoms in total. The Kier molecular flexibility index (Phi) is 5.54. The number of Topliss-reactive ketones (excluding diaryl/α,β-unsaturated/α-hetero) is 1. The maximum atomic E-state index is 12.5. The highest BCUT2D eigenvalue weighted by molar-refractivity contribution is 6.08. The Balaban J connectivity index is 1.59. The topological polar surface area (TPSA) is 80.8 Å². The fourth-order valence-corrected chi connectivity index (χ4v) is 3.58. The van der Waals surface area contributed by atoms with Crippen LogP contribution in [-0.2, 0) is 25.5 Å². The van der Waals surface area contributed by atoms with Gasteiger partial charge in [-0.15, -0.1) is 0 Å². The molecule has 1 fully saturated rings. The number of hydrogen-bond donors (Lipinski definition) is 0. The summed E-state index contributed by atoms with van der Waals surface area (Å²) < 4.78 is 5.09. The fraction of sp³-hybridized carbons (Fsp3) is 0.429. The predicted molar refractivity (Wildman–Crippen MR) is 97.8 cm³/mol. The van der Waals surface area contributed by atoms with Gasteiger partial charge in [-0.3, -0.25) is 19.3 Å². The number of carbonyl (C=O) groups excluding carboxylic acids is 4. The first kappa shape index (κ1) is 19.0. The summed E-state index contributed by atoms with van der Waals surface area (Å²) >= 11 is 0. The Hall–Kier alpha value is -2.76. The number of rotatable bonds is 6. The third-order valence-electron chi connectivity index (χ3n) is 5.30. The van der Waals surface area contributed by atoms with Gasteiger partial charge in [0.15, 0.2) is 12.4 Å². The molecule has 142 valence electrons. The fourth-order valence-electron chi connectivity index (χ4n) is 3.58. The predicted octanol–water partition coefficient (Wildman–Crippen LogP) is 2.31. The molecule has 1 aliphatic heterocycles. The van der Waals surface area contributed by atoms with Gasteiger partial charge in [0, 0.05) is 5.56 Å². The number of ketones is 1. The number of ether oxygens (including phenoxy) is 1. The number of amides is 2. The third kappa shape index (κ3) is 3.70. The summed E-state index contributed by atoms with van der Waals surface area (Å²) in [6.45, 7) is 3.07. The maximum Gasteiger partial charge on any atom is 0.329 e. The summed E-state index contributed by atoms with van der Waals surface area (Å²) in [5, 5.41) is 0. The standard InChI is InChI=1S/C21H23NO5/c1-3-14-8-10-15(11-9-14)18(23)12-27-21(26)13(2)22-19(24)16-6-4-5-7-17(16)20(22)25/h4-5,8-11,13,16-17H,3,6-7,12H2,1-2H3/t13-,16-,17+/m0/s1. The average Bonchev–Trinajstić information content (AvgIpc) is 2.96. The molecule has 1 aromatic carbocycles. The molecule has 3 atom stereocenters. The van der Waals surface area contributed by atoms with Crippen LogP contribution in [0.25, 0.3) is 0 Å². The molecule has 27 heavy (non-hydrogen) atoms. The highest BCUT2D eigenvalue weighted by Gasteiger charge is 2.50. The molecule has 0 spiro atoms. The summed E-state index contributed by atoms with van der Waals surface area (Å²) in [4.78, 5) is 50.6. The van der Waals surface area contributed by atoms with Gasteiger partial charge in [0.1, 0.15) is 6.04 Å². The lowest BCUT2D eigenvalue weighted by atomic mass is 9.85. The largest absolute Gasteiger partial charge is 0.456 e. The number of esters is 1. The third-order valence-corrected chi connectivity index (χ3v) is 5.30. The Bertz CT molecular complexity index is 769. The zero-order valence-electron chi connectivity index (χ0n) is 15.5. The summed E-state index contributed by atoms with van der Waals surface area (Å²) in [7, 11) is 0. The number of benzene rings is 1. The van der Waals surface area contributed by atoms with E-state index in [4.69, 9.17) is 4.74 Å². The average molecular weight is 369 g/mol. The molecule has 6 heteroatoms. The summed E-state index contributed by atoms with van der Waals surface area (Å²) in [5.74, 6) is -2.52. The molecule has 0 bridgehead atoms. The first-order valence-electron chi connectivity index (χ1n) is 9.24. The van der Waals surface area contributed by atoms with E-state index in [2.05, 4.69) is 0 Å². The van der Waals surface area contributed by atoms with Gasteiger partial charge in [-0.25, -0.2) is 4.79 Å². The van der Waals surface area contributed by atoms with Crippen LogP contribution in [0.1, 0.15) is 42.6 Å². The van der Waals surface area contributed by atoms with Crippen molar-refractivity contribution in [1.82, 2.24) is 4.90 Å². The van der Waals surface area contributed by atoms with Crippen LogP contribution in [0.2, 0.25) is 0 Å². The maximum absolute atomic E-state index is 12.5. The Morgan fingerprint density at radius 1 is 1.07 bits per heavy atom. The van der Waals surface area contributed by atoms with E-state index in [9.17, 15) is 19.2 Å². The molecule has 0 saturated carbocycles. The van der Waals surface area contributed by atoms with E-state index in [1.165, 1.54) is 6.92 Å². The lowest BCUT2D eigenvalue weighted by Gasteiger charge is -2.21. The van der Waals surface area contributed by atoms with Crippen LogP contribution in [0.5, 0.6) is 0 Å². The lowest BCUT2D eigenvalue weighted by molar-refractivity contribution is -0.157. The van der Waals surface area contributed by atoms with E-state index in [0.29, 0.717) is 18.4 Å². The number of aryl methyl sites for hydroxylation is 1. The lowest BCUT2D eigenvalue weighted by Crippen LogP contribution is -2.44. The smallest absolute Gasteiger partial charge is 0.329 e. The van der Waals surface area contributed by atoms with Crippen molar-refractivity contribution < 1.29 is 23.9 Å². The highest BCUT2D eigenvalue weighted by atomic mass is 16.5. The van der Waals surface area contributed by atoms with Crippen LogP contribution < -0.4 is 0 Å². The molecule has 1 heterocycles. The van der Waals surface area contributed by atoms with Gasteiger partial charge in [0.25, 0.3) is 0 Å². The molecule has 0 radical (unpaired) electrons. The van der Waals surface area contributed by atoms with Crippen molar-refractivity contribution in [2.45, 2.75) is 39.2 Å². The van der Waals surface area contributed by atoms with Crippen molar-refractivity contribution in [3.63, 3.8) is 0 Å². The first-order valence-corrected chi connectivity index (χ1v) is 9.24. The number of allylic oxidation sites excluding steroid dienone is 2. The zero-order valence-corrected chi connectivity index (χ0v) is 15.5. The van der Waals surface area contributed by atoms with Crippen LogP contribution in [0.15, 0.2) is 36.4 Å². The first-order chi connectivity index (χ1) is 12.9. The zero-order chi connectivity index (χ0) is 19.6. The molecule has 0 unspecified atom stereocenters. The van der Waals surface area contributed by atoms with E-state index in [1.54, 1.807) is 12.1 Å². The van der Waals surface area contributed by atoms with E-state index < -0.39 is 30.5 Å². The number of hydrogen-bond acceptors (Lipinski definition) is 5. The van der Waals surface area contributed by atoms with Crippen LogP contribution in [-0.4, -0.2) is 41.1 Å². The van der Waals surface area contributed by atoms with Crippen molar-refractivity contribution in [3.8, 4) is 0 Å².